The first-order valence-corrected chi connectivity index (χ1v) is 38.7. The van der Waals surface area contributed by atoms with Gasteiger partial charge in [-0.25, -0.2) is 14.6 Å². The van der Waals surface area contributed by atoms with Crippen molar-refractivity contribution in [2.24, 2.45) is 10.6 Å². The number of benzene rings is 4. The van der Waals surface area contributed by atoms with Crippen molar-refractivity contribution in [1.82, 2.24) is 25.1 Å². The van der Waals surface area contributed by atoms with E-state index in [-0.39, 0.29) is 88.1 Å². The number of anilines is 1. The third-order valence-corrected chi connectivity index (χ3v) is 22.1. The Bertz CT molecular complexity index is 4110. The van der Waals surface area contributed by atoms with Gasteiger partial charge in [0, 0.05) is 67.9 Å². The monoisotopic (exact) mass is 1430 g/mol. The number of rotatable bonds is 30. The smallest absolute Gasteiger partial charge is 0.408 e. The van der Waals surface area contributed by atoms with Gasteiger partial charge in [0.05, 0.1) is 56.9 Å². The summed E-state index contributed by atoms with van der Waals surface area (Å²) in [6.45, 7) is 21.3. The summed E-state index contributed by atoms with van der Waals surface area (Å²) in [6, 6.07) is 23.3. The number of ether oxygens (including phenoxy) is 8. The predicted octanol–water partition coefficient (Wildman–Crippen LogP) is 9.80. The van der Waals surface area contributed by atoms with Crippen LogP contribution in [0.3, 0.4) is 0 Å². The molecule has 99 heavy (non-hydrogen) atoms. The van der Waals surface area contributed by atoms with E-state index in [1.54, 1.807) is 77.0 Å². The lowest BCUT2D eigenvalue weighted by Crippen LogP contribution is -2.72. The first kappa shape index (κ1) is 73.6. The number of fused-ring (bicyclic) bond motifs is 4. The summed E-state index contributed by atoms with van der Waals surface area (Å²) in [7, 11) is 2.22. The molecule has 24 nitrogen and oxygen atoms in total. The number of carbonyl (C=O) groups excluding carboxylic acids is 5. The summed E-state index contributed by atoms with van der Waals surface area (Å²) in [5.41, 5.74) is -0.546. The molecular weight excluding hydrogens is 1350 g/mol. The van der Waals surface area contributed by atoms with Gasteiger partial charge >= 0.3 is 19.0 Å². The van der Waals surface area contributed by atoms with Crippen molar-refractivity contribution < 1.29 is 76.2 Å². The van der Waals surface area contributed by atoms with E-state index in [4.69, 9.17) is 54.3 Å². The molecule has 10 rings (SSSR count). The van der Waals surface area contributed by atoms with Crippen LogP contribution in [0, 0.1) is 5.41 Å². The highest BCUT2D eigenvalue weighted by atomic mass is 35.5. The molecule has 4 aromatic carbocycles. The highest BCUT2D eigenvalue weighted by Crippen LogP contribution is 2.50. The van der Waals surface area contributed by atoms with Crippen molar-refractivity contribution >= 4 is 101 Å². The number of halogens is 1. The van der Waals surface area contributed by atoms with Crippen LogP contribution in [0.15, 0.2) is 112 Å². The maximum atomic E-state index is 15.1. The Labute approximate surface area is 590 Å². The van der Waals surface area contributed by atoms with Gasteiger partial charge in [-0.15, -0.1) is 23.1 Å². The number of oxime groups is 1. The van der Waals surface area contributed by atoms with Crippen molar-refractivity contribution in [3.05, 3.63) is 145 Å². The van der Waals surface area contributed by atoms with Crippen molar-refractivity contribution in [3.63, 3.8) is 0 Å². The minimum atomic E-state index is -1.68. The Hall–Kier alpha value is -8.12. The molecule has 0 aliphatic carbocycles. The Kier molecular flexibility index (Phi) is 22.6. The number of aromatic nitrogens is 2. The molecule has 0 saturated carbocycles. The number of thiazole rings is 1. The van der Waals surface area contributed by atoms with Gasteiger partial charge < -0.3 is 72.7 Å². The number of quaternary nitrogens is 1. The molecule has 4 aliphatic heterocycles. The second-order valence-electron chi connectivity index (χ2n) is 28.2. The molecule has 3 amide bonds. The Morgan fingerprint density at radius 2 is 1.46 bits per heavy atom. The largest absolute Gasteiger partial charge is 0.497 e. The second kappa shape index (κ2) is 30.4. The van der Waals surface area contributed by atoms with E-state index in [9.17, 15) is 29.0 Å². The van der Waals surface area contributed by atoms with E-state index in [1.165, 1.54) is 48.9 Å². The highest BCUT2D eigenvalue weighted by Gasteiger charge is 2.60. The molecule has 6 aromatic rings. The number of β-lactam (4-membered cyclic amide) rings is 1. The molecule has 0 unspecified atom stereocenters. The molecule has 3 fully saturated rings. The van der Waals surface area contributed by atoms with E-state index in [2.05, 4.69) is 45.6 Å². The normalized spacial score (nSPS) is 19.8. The minimum absolute atomic E-state index is 0.00473. The Morgan fingerprint density at radius 3 is 2.04 bits per heavy atom. The Balaban J connectivity index is 0.915. The van der Waals surface area contributed by atoms with Crippen LogP contribution in [0.2, 0.25) is 37.5 Å². The number of pyridine rings is 1. The number of hydrogen-bond donors (Lipinski definition) is 4. The van der Waals surface area contributed by atoms with E-state index < -0.39 is 78.2 Å². The number of methoxy groups -OCH3 is 3. The number of hydrogen-bond acceptors (Lipinski definition) is 21. The molecule has 3 atom stereocenters. The SMILES string of the molecule is COc1ccc(COC(=O)C2=C(C[N+]34CCC(CNC(=O)c5cn(COCC[Si](C)(C)C)c6cc(OCc7ccc(OC)cc7)c(OCc7ccc(OC)cc7)c(Cl)c6c5=O)(CC3)C4)[C@H](C)S[C@@H]3[C@H](NC(=O)/C(=N\OC(C)(C)C(=O)OC(C)(C)C)c4csc(NB(C)O)n4)C(=O)N23)cc1. The standard InChI is InChI=1S/C70H86BClN8O16S2Si/c1-42-50(58(65(85)94-37-45-18-24-48(90-10)25-19-45)79-63(84)57(64(79)98-42)75-62(83)56(51-38-97-67(74-51)76-71(7)87)77-96-69(5,6)66(86)95-68(2,3)4)34-80-28-26-70(40-80,27-29-80)39-73-61(82)49-33-78(41-91-30-31-99(11,12)13)52-32-53(92-35-43-14-20-46(88-8)21-15-43)60(55(72)54(52)59(49)81)93-36-44-16-22-47(89-9)23-17-44/h14-25,32-33,38,42,57,64,87H,26-31,34-37,39-41H2,1-13H3,(H2-,73,74,75,76,82,83)/p+1/b77-56-/t42-,57+,64+,70?,80?/m0/s1. The van der Waals surface area contributed by atoms with Gasteiger partial charge in [-0.2, -0.15) is 0 Å². The predicted molar refractivity (Wildman–Crippen MR) is 382 cm³/mol. The summed E-state index contributed by atoms with van der Waals surface area (Å²) < 4.78 is 49.3. The van der Waals surface area contributed by atoms with Crippen LogP contribution in [-0.2, 0) is 64.8 Å². The molecular formula is C70H87BClN8O16S2Si+. The molecule has 3 saturated heterocycles. The number of piperidine rings is 1. The molecule has 528 valence electrons. The Morgan fingerprint density at radius 1 is 0.869 bits per heavy atom. The van der Waals surface area contributed by atoms with E-state index in [1.807, 2.05) is 55.5 Å². The van der Waals surface area contributed by atoms with E-state index in [0.29, 0.717) is 84.0 Å². The zero-order valence-electron chi connectivity index (χ0n) is 58.2. The number of nitrogens with one attached hydrogen (secondary N) is 3. The zero-order chi connectivity index (χ0) is 71.4. The molecule has 6 heterocycles. The number of esters is 2. The average molecular weight is 1430 g/mol. The van der Waals surface area contributed by atoms with Crippen molar-refractivity contribution in [3.8, 4) is 28.7 Å². The summed E-state index contributed by atoms with van der Waals surface area (Å²) in [6.07, 6.45) is 2.94. The number of thioether (sulfide) groups is 1. The number of nitrogens with zero attached hydrogens (tertiary/aromatic N) is 5. The molecule has 4 N–H and O–H groups in total. The van der Waals surface area contributed by atoms with Crippen molar-refractivity contribution in [2.45, 2.75) is 141 Å². The van der Waals surface area contributed by atoms with E-state index >= 15 is 4.79 Å². The maximum absolute atomic E-state index is 15.1. The van der Waals surface area contributed by atoms with Crippen LogP contribution in [0.1, 0.15) is 87.1 Å². The van der Waals surface area contributed by atoms with Gasteiger partial charge in [-0.1, -0.05) is 72.8 Å². The fourth-order valence-corrected chi connectivity index (χ4v) is 15.6. The van der Waals surface area contributed by atoms with Gasteiger partial charge in [0.2, 0.25) is 11.0 Å². The van der Waals surface area contributed by atoms with Crippen LogP contribution in [-0.4, -0.2) is 163 Å². The van der Waals surface area contributed by atoms with Crippen LogP contribution in [0.25, 0.3) is 10.9 Å². The van der Waals surface area contributed by atoms with Crippen LogP contribution >= 0.6 is 34.7 Å². The van der Waals surface area contributed by atoms with Crippen molar-refractivity contribution in [1.29, 1.82) is 0 Å². The van der Waals surface area contributed by atoms with Crippen molar-refractivity contribution in [2.75, 3.05) is 65.9 Å². The number of carbonyl (C=O) groups is 5. The first-order valence-electron chi connectivity index (χ1n) is 32.8. The molecule has 29 heteroatoms. The summed E-state index contributed by atoms with van der Waals surface area (Å²) in [4.78, 5) is 99.0. The quantitative estimate of drug-likeness (QED) is 0.00621. The van der Waals surface area contributed by atoms with Gasteiger partial charge in [0.15, 0.2) is 22.3 Å². The maximum Gasteiger partial charge on any atom is 0.408 e. The number of amides is 3. The third-order valence-electron chi connectivity index (χ3n) is 17.8. The molecule has 2 bridgehead atoms. The lowest BCUT2D eigenvalue weighted by Gasteiger charge is -2.51. The van der Waals surface area contributed by atoms with E-state index in [0.717, 1.165) is 28.5 Å². The first-order chi connectivity index (χ1) is 46.9. The fraction of sp³-hybridized carbons (Fsp3) is 0.457. The average Bonchev–Trinajstić information content (AvgIpc) is 0.818. The lowest BCUT2D eigenvalue weighted by atomic mass is 9.84. The van der Waals surface area contributed by atoms with Crippen LogP contribution < -0.4 is 45.0 Å². The summed E-state index contributed by atoms with van der Waals surface area (Å²) in [5.74, 6) is -1.13. The van der Waals surface area contributed by atoms with Gasteiger partial charge in [0.25, 0.3) is 17.7 Å². The third kappa shape index (κ3) is 17.4. The molecule has 2 aromatic heterocycles. The summed E-state index contributed by atoms with van der Waals surface area (Å²) in [5, 5.41) is 23.6. The van der Waals surface area contributed by atoms with Gasteiger partial charge in [-0.3, -0.25) is 24.1 Å². The fourth-order valence-electron chi connectivity index (χ4n) is 12.3. The van der Waals surface area contributed by atoms with Gasteiger partial charge in [-0.05, 0) is 107 Å². The second-order valence-corrected chi connectivity index (χ2v) is 36.5. The molecule has 0 spiro atoms. The summed E-state index contributed by atoms with van der Waals surface area (Å²) >= 11 is 9.88. The van der Waals surface area contributed by atoms with Crippen LogP contribution in [0.5, 0.6) is 28.7 Å². The van der Waals surface area contributed by atoms with Crippen LogP contribution in [0.4, 0.5) is 5.13 Å². The molecule has 0 radical (unpaired) electrons. The van der Waals surface area contributed by atoms with Gasteiger partial charge in [0.1, 0.15) is 84.3 Å². The topological polar surface area (TPSA) is 275 Å². The molecule has 4 aliphatic rings. The minimum Gasteiger partial charge on any atom is -0.497 e. The lowest BCUT2D eigenvalue weighted by molar-refractivity contribution is -0.905. The highest BCUT2D eigenvalue weighted by molar-refractivity contribution is 8.00. The zero-order valence-corrected chi connectivity index (χ0v) is 61.6.